The smallest absolute Gasteiger partial charge is 0.108 e. The van der Waals surface area contributed by atoms with Gasteiger partial charge in [-0.25, -0.2) is 4.98 Å². The highest BCUT2D eigenvalue weighted by Gasteiger charge is 2.02. The van der Waals surface area contributed by atoms with E-state index < -0.39 is 0 Å². The third-order valence-corrected chi connectivity index (χ3v) is 1.73. The number of hydrogen-bond acceptors (Lipinski definition) is 1. The zero-order chi connectivity index (χ0) is 10.4. The van der Waals surface area contributed by atoms with E-state index in [4.69, 9.17) is 0 Å². The molecule has 74 valence electrons. The van der Waals surface area contributed by atoms with Crippen LogP contribution in [0.1, 0.15) is 39.2 Å². The fourth-order valence-electron chi connectivity index (χ4n) is 1.04. The molecule has 13 heavy (non-hydrogen) atoms. The van der Waals surface area contributed by atoms with E-state index in [0.717, 1.165) is 23.5 Å². The maximum Gasteiger partial charge on any atom is 0.108 e. The summed E-state index contributed by atoms with van der Waals surface area (Å²) >= 11 is 0. The predicted octanol–water partition coefficient (Wildman–Crippen LogP) is 3.04. The third kappa shape index (κ3) is 3.05. The second-order valence-corrected chi connectivity index (χ2v) is 2.79. The van der Waals surface area contributed by atoms with Gasteiger partial charge in [-0.15, -0.1) is 0 Å². The first-order valence-electron chi connectivity index (χ1n) is 4.83. The van der Waals surface area contributed by atoms with Crippen LogP contribution in [0.3, 0.4) is 0 Å². The van der Waals surface area contributed by atoms with Crippen LogP contribution in [0.2, 0.25) is 0 Å². The minimum atomic E-state index is 0.976. The average molecular weight is 180 g/mol. The van der Waals surface area contributed by atoms with Crippen LogP contribution < -0.4 is 0 Å². The van der Waals surface area contributed by atoms with Crippen molar-refractivity contribution in [3.05, 3.63) is 24.3 Å². The van der Waals surface area contributed by atoms with Crippen LogP contribution >= 0.6 is 0 Å². The van der Waals surface area contributed by atoms with E-state index in [1.165, 1.54) is 0 Å². The van der Waals surface area contributed by atoms with Crippen molar-refractivity contribution < 1.29 is 0 Å². The molecule has 0 N–H and O–H groups in total. The van der Waals surface area contributed by atoms with Crippen molar-refractivity contribution in [2.24, 2.45) is 7.05 Å². The minimum absolute atomic E-state index is 0.976. The standard InChI is InChI=1S/C9H14N2.C2H6/c1-5-9-10-8(7(2)3)6-11(9)4;1-2/h6H,2,5H2,1,3-4H3;1-2H3. The Balaban J connectivity index is 0.000000671. The summed E-state index contributed by atoms with van der Waals surface area (Å²) in [5.74, 6) is 1.11. The Morgan fingerprint density at radius 1 is 1.54 bits per heavy atom. The molecule has 1 aromatic heterocycles. The highest BCUT2D eigenvalue weighted by molar-refractivity contribution is 5.57. The van der Waals surface area contributed by atoms with E-state index in [2.05, 4.69) is 18.5 Å². The highest BCUT2D eigenvalue weighted by Crippen LogP contribution is 2.10. The van der Waals surface area contributed by atoms with Crippen molar-refractivity contribution in [1.82, 2.24) is 9.55 Å². The fraction of sp³-hybridized carbons (Fsp3) is 0.545. The molecule has 0 bridgehead atoms. The third-order valence-electron chi connectivity index (χ3n) is 1.73. The summed E-state index contributed by atoms with van der Waals surface area (Å²) in [7, 11) is 2.01. The predicted molar refractivity (Wildman–Crippen MR) is 58.6 cm³/mol. The molecular formula is C11H20N2. The van der Waals surface area contributed by atoms with Gasteiger partial charge in [-0.05, 0) is 12.5 Å². The van der Waals surface area contributed by atoms with Gasteiger partial charge in [-0.1, -0.05) is 27.4 Å². The molecule has 2 nitrogen and oxygen atoms in total. The zero-order valence-electron chi connectivity index (χ0n) is 9.39. The highest BCUT2D eigenvalue weighted by atomic mass is 15.0. The number of allylic oxidation sites excluding steroid dienone is 1. The second kappa shape index (κ2) is 5.57. The minimum Gasteiger partial charge on any atom is -0.337 e. The average Bonchev–Trinajstić information content (AvgIpc) is 2.50. The number of hydrogen-bond donors (Lipinski definition) is 0. The van der Waals surface area contributed by atoms with Crippen molar-refractivity contribution in [3.63, 3.8) is 0 Å². The van der Waals surface area contributed by atoms with Gasteiger partial charge in [0.2, 0.25) is 0 Å². The van der Waals surface area contributed by atoms with E-state index in [1.807, 2.05) is 38.6 Å². The summed E-state index contributed by atoms with van der Waals surface area (Å²) in [4.78, 5) is 4.39. The molecule has 0 aliphatic rings. The molecule has 0 unspecified atom stereocenters. The van der Waals surface area contributed by atoms with E-state index >= 15 is 0 Å². The fourth-order valence-corrected chi connectivity index (χ4v) is 1.04. The van der Waals surface area contributed by atoms with Crippen molar-refractivity contribution >= 4 is 5.57 Å². The first-order chi connectivity index (χ1) is 6.15. The lowest BCUT2D eigenvalue weighted by molar-refractivity contribution is 0.808. The normalized spacial score (nSPS) is 9.00. The second-order valence-electron chi connectivity index (χ2n) is 2.79. The first kappa shape index (κ1) is 11.9. The SMILES string of the molecule is C=C(C)c1cn(C)c(CC)n1.CC. The summed E-state index contributed by atoms with van der Waals surface area (Å²) < 4.78 is 2.05. The summed E-state index contributed by atoms with van der Waals surface area (Å²) in [6, 6.07) is 0. The summed E-state index contributed by atoms with van der Waals surface area (Å²) in [5, 5.41) is 0. The Labute approximate surface area is 81.3 Å². The van der Waals surface area contributed by atoms with E-state index in [-0.39, 0.29) is 0 Å². The Hall–Kier alpha value is -1.05. The molecular weight excluding hydrogens is 160 g/mol. The number of nitrogens with zero attached hydrogens (tertiary/aromatic N) is 2. The topological polar surface area (TPSA) is 17.8 Å². The molecule has 0 spiro atoms. The molecule has 0 fully saturated rings. The van der Waals surface area contributed by atoms with Crippen molar-refractivity contribution in [2.45, 2.75) is 34.1 Å². The molecule has 0 amide bonds. The summed E-state index contributed by atoms with van der Waals surface area (Å²) in [6.45, 7) is 11.9. The van der Waals surface area contributed by atoms with Crippen molar-refractivity contribution in [3.8, 4) is 0 Å². The van der Waals surface area contributed by atoms with Gasteiger partial charge in [0.15, 0.2) is 0 Å². The van der Waals surface area contributed by atoms with Gasteiger partial charge in [0.05, 0.1) is 5.69 Å². The molecule has 0 radical (unpaired) electrons. The molecule has 0 aromatic carbocycles. The van der Waals surface area contributed by atoms with Crippen LogP contribution in [-0.4, -0.2) is 9.55 Å². The Morgan fingerprint density at radius 2 is 2.08 bits per heavy atom. The Bertz CT molecular complexity index is 272. The van der Waals surface area contributed by atoms with Gasteiger partial charge < -0.3 is 4.57 Å². The van der Waals surface area contributed by atoms with Crippen LogP contribution in [0.4, 0.5) is 0 Å². The number of rotatable bonds is 2. The Morgan fingerprint density at radius 3 is 2.31 bits per heavy atom. The molecule has 0 saturated heterocycles. The van der Waals surface area contributed by atoms with Gasteiger partial charge in [0.1, 0.15) is 5.82 Å². The van der Waals surface area contributed by atoms with Gasteiger partial charge in [-0.3, -0.25) is 0 Å². The van der Waals surface area contributed by atoms with Crippen molar-refractivity contribution in [1.29, 1.82) is 0 Å². The van der Waals surface area contributed by atoms with Crippen LogP contribution in [0.5, 0.6) is 0 Å². The molecule has 1 rings (SSSR count). The molecule has 1 aromatic rings. The van der Waals surface area contributed by atoms with Crippen molar-refractivity contribution in [2.75, 3.05) is 0 Å². The lowest BCUT2D eigenvalue weighted by Crippen LogP contribution is -1.93. The molecule has 0 saturated carbocycles. The molecule has 1 heterocycles. The lowest BCUT2D eigenvalue weighted by atomic mass is 10.3. The van der Waals surface area contributed by atoms with E-state index in [1.54, 1.807) is 0 Å². The molecule has 0 aliphatic carbocycles. The van der Waals surface area contributed by atoms with Gasteiger partial charge >= 0.3 is 0 Å². The van der Waals surface area contributed by atoms with E-state index in [9.17, 15) is 0 Å². The molecule has 0 aliphatic heterocycles. The lowest BCUT2D eigenvalue weighted by Gasteiger charge is -1.92. The van der Waals surface area contributed by atoms with Crippen LogP contribution in [-0.2, 0) is 13.5 Å². The van der Waals surface area contributed by atoms with Gasteiger partial charge in [0, 0.05) is 19.7 Å². The summed E-state index contributed by atoms with van der Waals surface area (Å²) in [6.07, 6.45) is 2.99. The van der Waals surface area contributed by atoms with Crippen LogP contribution in [0.15, 0.2) is 12.8 Å². The number of aryl methyl sites for hydroxylation is 2. The monoisotopic (exact) mass is 180 g/mol. The molecule has 2 heteroatoms. The Kier molecular flexibility index (Phi) is 5.12. The molecule has 0 atom stereocenters. The van der Waals surface area contributed by atoms with Gasteiger partial charge in [-0.2, -0.15) is 0 Å². The number of imidazole rings is 1. The van der Waals surface area contributed by atoms with Gasteiger partial charge in [0.25, 0.3) is 0 Å². The first-order valence-corrected chi connectivity index (χ1v) is 4.83. The van der Waals surface area contributed by atoms with Crippen LogP contribution in [0, 0.1) is 0 Å². The zero-order valence-corrected chi connectivity index (χ0v) is 9.39. The van der Waals surface area contributed by atoms with E-state index in [0.29, 0.717) is 0 Å². The maximum atomic E-state index is 4.39. The van der Waals surface area contributed by atoms with Crippen LogP contribution in [0.25, 0.3) is 5.57 Å². The maximum absolute atomic E-state index is 4.39. The summed E-state index contributed by atoms with van der Waals surface area (Å²) in [5.41, 5.74) is 2.03. The quantitative estimate of drug-likeness (QED) is 0.684. The largest absolute Gasteiger partial charge is 0.337 e. The number of aromatic nitrogens is 2.